The standard InChI is InChI=1S/C16H25N5O3/c1-5-20(6-2)10-8-17-13(22)7-9-21-16(23)15-14(11(3)18-21)12(4)24-19-15/h5-10H2,1-4H3,(H,17,22). The molecule has 0 spiro atoms. The normalized spacial score (nSPS) is 11.4. The summed E-state index contributed by atoms with van der Waals surface area (Å²) in [6, 6.07) is 0. The number of likely N-dealkylation sites (N-methyl/N-ethyl adjacent to an activating group) is 1. The van der Waals surface area contributed by atoms with Crippen molar-refractivity contribution < 1.29 is 9.32 Å². The maximum Gasteiger partial charge on any atom is 0.296 e. The summed E-state index contributed by atoms with van der Waals surface area (Å²) in [5.41, 5.74) is 0.607. The Morgan fingerprint density at radius 2 is 2.00 bits per heavy atom. The maximum absolute atomic E-state index is 12.3. The van der Waals surface area contributed by atoms with Crippen molar-refractivity contribution >= 4 is 16.8 Å². The molecule has 0 fully saturated rings. The molecule has 0 unspecified atom stereocenters. The van der Waals surface area contributed by atoms with Gasteiger partial charge in [-0.05, 0) is 26.9 Å². The van der Waals surface area contributed by atoms with E-state index in [0.717, 1.165) is 19.6 Å². The van der Waals surface area contributed by atoms with Crippen LogP contribution in [0, 0.1) is 13.8 Å². The summed E-state index contributed by atoms with van der Waals surface area (Å²) in [6.45, 7) is 11.3. The Kier molecular flexibility index (Phi) is 6.08. The van der Waals surface area contributed by atoms with E-state index in [-0.39, 0.29) is 29.9 Å². The molecule has 0 aromatic carbocycles. The van der Waals surface area contributed by atoms with E-state index in [4.69, 9.17) is 4.52 Å². The Morgan fingerprint density at radius 1 is 1.29 bits per heavy atom. The number of hydrogen-bond acceptors (Lipinski definition) is 6. The smallest absolute Gasteiger partial charge is 0.296 e. The van der Waals surface area contributed by atoms with Crippen LogP contribution in [0.5, 0.6) is 0 Å². The fraction of sp³-hybridized carbons (Fsp3) is 0.625. The molecule has 8 nitrogen and oxygen atoms in total. The molecular weight excluding hydrogens is 310 g/mol. The van der Waals surface area contributed by atoms with Gasteiger partial charge in [-0.25, -0.2) is 4.68 Å². The predicted molar refractivity (Wildman–Crippen MR) is 91.0 cm³/mol. The van der Waals surface area contributed by atoms with Crippen molar-refractivity contribution in [3.8, 4) is 0 Å². The minimum absolute atomic E-state index is 0.0926. The SMILES string of the molecule is CCN(CC)CCNC(=O)CCn1nc(C)c2c(C)onc2c1=O. The van der Waals surface area contributed by atoms with Crippen LogP contribution in [0.25, 0.3) is 10.9 Å². The zero-order valence-corrected chi connectivity index (χ0v) is 14.8. The highest BCUT2D eigenvalue weighted by molar-refractivity contribution is 5.81. The molecule has 132 valence electrons. The molecule has 0 aliphatic heterocycles. The van der Waals surface area contributed by atoms with Gasteiger partial charge in [-0.3, -0.25) is 9.59 Å². The lowest BCUT2D eigenvalue weighted by Gasteiger charge is -2.17. The molecular formula is C16H25N5O3. The largest absolute Gasteiger partial charge is 0.360 e. The number of amides is 1. The number of fused-ring (bicyclic) bond motifs is 1. The molecule has 0 aliphatic carbocycles. The van der Waals surface area contributed by atoms with Gasteiger partial charge in [-0.15, -0.1) is 0 Å². The van der Waals surface area contributed by atoms with Crippen LogP contribution in [0.2, 0.25) is 0 Å². The minimum atomic E-state index is -0.330. The molecule has 8 heteroatoms. The van der Waals surface area contributed by atoms with Gasteiger partial charge < -0.3 is 14.7 Å². The number of hydrogen-bond donors (Lipinski definition) is 1. The first kappa shape index (κ1) is 18.1. The first-order valence-corrected chi connectivity index (χ1v) is 8.30. The minimum Gasteiger partial charge on any atom is -0.360 e. The Labute approximate surface area is 140 Å². The van der Waals surface area contributed by atoms with E-state index < -0.39 is 0 Å². The number of rotatable bonds is 8. The Balaban J connectivity index is 1.95. The van der Waals surface area contributed by atoms with Crippen LogP contribution >= 0.6 is 0 Å². The lowest BCUT2D eigenvalue weighted by Crippen LogP contribution is -2.35. The number of aryl methyl sites for hydroxylation is 3. The third-order valence-corrected chi connectivity index (χ3v) is 4.13. The molecule has 0 atom stereocenters. The molecule has 0 saturated heterocycles. The molecule has 1 N–H and O–H groups in total. The summed E-state index contributed by atoms with van der Waals surface area (Å²) in [5, 5.41) is 11.6. The van der Waals surface area contributed by atoms with E-state index >= 15 is 0 Å². The van der Waals surface area contributed by atoms with Gasteiger partial charge in [0, 0.05) is 19.5 Å². The molecule has 0 bridgehead atoms. The van der Waals surface area contributed by atoms with Gasteiger partial charge in [0.05, 0.1) is 17.6 Å². The van der Waals surface area contributed by atoms with E-state index in [1.807, 2.05) is 0 Å². The maximum atomic E-state index is 12.3. The summed E-state index contributed by atoms with van der Waals surface area (Å²) in [7, 11) is 0. The lowest BCUT2D eigenvalue weighted by molar-refractivity contribution is -0.121. The molecule has 2 aromatic heterocycles. The number of nitrogens with zero attached hydrogens (tertiary/aromatic N) is 4. The van der Waals surface area contributed by atoms with Gasteiger partial charge in [0.2, 0.25) is 5.91 Å². The van der Waals surface area contributed by atoms with Crippen molar-refractivity contribution in [2.24, 2.45) is 0 Å². The van der Waals surface area contributed by atoms with Crippen LogP contribution in [0.15, 0.2) is 9.32 Å². The highest BCUT2D eigenvalue weighted by Gasteiger charge is 2.15. The van der Waals surface area contributed by atoms with E-state index in [1.54, 1.807) is 13.8 Å². The second kappa shape index (κ2) is 8.05. The van der Waals surface area contributed by atoms with Gasteiger partial charge in [0.15, 0.2) is 5.52 Å². The van der Waals surface area contributed by atoms with Gasteiger partial charge in [-0.1, -0.05) is 19.0 Å². The lowest BCUT2D eigenvalue weighted by atomic mass is 10.2. The van der Waals surface area contributed by atoms with Crippen molar-refractivity contribution in [1.82, 2.24) is 25.2 Å². The number of nitrogens with one attached hydrogen (secondary N) is 1. The van der Waals surface area contributed by atoms with Crippen molar-refractivity contribution in [3.05, 3.63) is 21.8 Å². The molecule has 1 amide bonds. The monoisotopic (exact) mass is 335 g/mol. The average Bonchev–Trinajstić information content (AvgIpc) is 2.96. The molecule has 2 aromatic rings. The van der Waals surface area contributed by atoms with Gasteiger partial charge in [-0.2, -0.15) is 5.10 Å². The Hall–Kier alpha value is -2.22. The zero-order chi connectivity index (χ0) is 17.7. The fourth-order valence-corrected chi connectivity index (χ4v) is 2.68. The second-order valence-electron chi connectivity index (χ2n) is 5.70. The topological polar surface area (TPSA) is 93.3 Å². The highest BCUT2D eigenvalue weighted by Crippen LogP contribution is 2.16. The number of carbonyl (C=O) groups excluding carboxylic acids is 1. The van der Waals surface area contributed by atoms with E-state index in [1.165, 1.54) is 4.68 Å². The van der Waals surface area contributed by atoms with Crippen LogP contribution < -0.4 is 10.9 Å². The van der Waals surface area contributed by atoms with E-state index in [9.17, 15) is 9.59 Å². The third-order valence-electron chi connectivity index (χ3n) is 4.13. The summed E-state index contributed by atoms with van der Waals surface area (Å²) < 4.78 is 6.35. The molecule has 2 heterocycles. The Bertz CT molecular complexity index is 761. The van der Waals surface area contributed by atoms with Crippen LogP contribution in [-0.4, -0.2) is 51.9 Å². The van der Waals surface area contributed by atoms with E-state index in [2.05, 4.69) is 34.3 Å². The van der Waals surface area contributed by atoms with Crippen molar-refractivity contribution in [2.45, 2.75) is 40.7 Å². The molecule has 24 heavy (non-hydrogen) atoms. The highest BCUT2D eigenvalue weighted by atomic mass is 16.5. The number of carbonyl (C=O) groups is 1. The predicted octanol–water partition coefficient (Wildman–Crippen LogP) is 0.849. The van der Waals surface area contributed by atoms with Crippen LogP contribution in [-0.2, 0) is 11.3 Å². The summed E-state index contributed by atoms with van der Waals surface area (Å²) in [4.78, 5) is 26.5. The molecule has 0 radical (unpaired) electrons. The van der Waals surface area contributed by atoms with Gasteiger partial charge >= 0.3 is 0 Å². The first-order valence-electron chi connectivity index (χ1n) is 8.30. The Morgan fingerprint density at radius 3 is 2.67 bits per heavy atom. The summed E-state index contributed by atoms with van der Waals surface area (Å²) in [6.07, 6.45) is 0.201. The first-order chi connectivity index (χ1) is 11.5. The van der Waals surface area contributed by atoms with Crippen LogP contribution in [0.3, 0.4) is 0 Å². The zero-order valence-electron chi connectivity index (χ0n) is 14.8. The number of aromatic nitrogens is 3. The quantitative estimate of drug-likeness (QED) is 0.769. The fourth-order valence-electron chi connectivity index (χ4n) is 2.68. The van der Waals surface area contributed by atoms with Crippen molar-refractivity contribution in [2.75, 3.05) is 26.2 Å². The van der Waals surface area contributed by atoms with Crippen molar-refractivity contribution in [3.63, 3.8) is 0 Å². The molecule has 0 saturated carbocycles. The molecule has 0 aliphatic rings. The van der Waals surface area contributed by atoms with E-state index in [0.29, 0.717) is 23.4 Å². The summed E-state index contributed by atoms with van der Waals surface area (Å²) >= 11 is 0. The average molecular weight is 335 g/mol. The van der Waals surface area contributed by atoms with Crippen LogP contribution in [0.1, 0.15) is 31.7 Å². The van der Waals surface area contributed by atoms with Gasteiger partial charge in [0.1, 0.15) is 5.76 Å². The van der Waals surface area contributed by atoms with Gasteiger partial charge in [0.25, 0.3) is 5.56 Å². The van der Waals surface area contributed by atoms with Crippen LogP contribution in [0.4, 0.5) is 0 Å². The summed E-state index contributed by atoms with van der Waals surface area (Å²) in [5.74, 6) is 0.485. The molecule has 2 rings (SSSR count). The second-order valence-corrected chi connectivity index (χ2v) is 5.70. The van der Waals surface area contributed by atoms with Crippen molar-refractivity contribution in [1.29, 1.82) is 0 Å². The third kappa shape index (κ3) is 4.00.